The molecule has 6 nitrogen and oxygen atoms in total. The molecule has 0 bridgehead atoms. The normalized spacial score (nSPS) is 20.1. The fourth-order valence-corrected chi connectivity index (χ4v) is 2.82. The zero-order valence-electron chi connectivity index (χ0n) is 12.6. The van der Waals surface area contributed by atoms with E-state index in [4.69, 9.17) is 5.26 Å². The molecule has 1 aromatic carbocycles. The number of fused-ring (bicyclic) bond motifs is 1. The molecule has 2 N–H and O–H groups in total. The number of benzene rings is 1. The lowest BCUT2D eigenvalue weighted by Gasteiger charge is -2.19. The van der Waals surface area contributed by atoms with Gasteiger partial charge >= 0.3 is 0 Å². The SMILES string of the molecule is N#C[C@@H]1CC(F)CN1C(=O)CNC(=O)c1c[nH]c2cc(F)ccc12. The van der Waals surface area contributed by atoms with Crippen LogP contribution in [-0.2, 0) is 4.79 Å². The summed E-state index contributed by atoms with van der Waals surface area (Å²) in [6.07, 6.45) is 0.192. The first-order valence-electron chi connectivity index (χ1n) is 7.37. The second-order valence-electron chi connectivity index (χ2n) is 5.60. The van der Waals surface area contributed by atoms with E-state index in [1.807, 2.05) is 6.07 Å². The van der Waals surface area contributed by atoms with Gasteiger partial charge in [-0.1, -0.05) is 0 Å². The van der Waals surface area contributed by atoms with Gasteiger partial charge in [-0.2, -0.15) is 5.26 Å². The maximum atomic E-state index is 13.3. The lowest BCUT2D eigenvalue weighted by Crippen LogP contribution is -2.42. The fraction of sp³-hybridized carbons (Fsp3) is 0.312. The number of aromatic nitrogens is 1. The van der Waals surface area contributed by atoms with E-state index in [1.54, 1.807) is 0 Å². The molecule has 2 heterocycles. The average molecular weight is 332 g/mol. The number of alkyl halides is 1. The van der Waals surface area contributed by atoms with Crippen molar-refractivity contribution in [1.82, 2.24) is 15.2 Å². The molecular weight excluding hydrogens is 318 g/mol. The predicted octanol–water partition coefficient (Wildman–Crippen LogP) is 1.50. The molecule has 1 aliphatic heterocycles. The summed E-state index contributed by atoms with van der Waals surface area (Å²) in [4.78, 5) is 28.2. The van der Waals surface area contributed by atoms with Crippen LogP contribution in [0.25, 0.3) is 10.9 Å². The summed E-state index contributed by atoms with van der Waals surface area (Å²) in [7, 11) is 0. The highest BCUT2D eigenvalue weighted by Gasteiger charge is 2.35. The summed E-state index contributed by atoms with van der Waals surface area (Å²) in [5.74, 6) is -1.45. The number of halogens is 2. The van der Waals surface area contributed by atoms with E-state index in [0.29, 0.717) is 10.9 Å². The number of amides is 2. The van der Waals surface area contributed by atoms with Crippen LogP contribution in [-0.4, -0.2) is 47.0 Å². The fourth-order valence-electron chi connectivity index (χ4n) is 2.82. The number of hydrogen-bond acceptors (Lipinski definition) is 3. The third kappa shape index (κ3) is 2.93. The van der Waals surface area contributed by atoms with Crippen molar-refractivity contribution in [2.75, 3.05) is 13.1 Å². The average Bonchev–Trinajstić information content (AvgIpc) is 3.14. The van der Waals surface area contributed by atoms with E-state index in [9.17, 15) is 18.4 Å². The smallest absolute Gasteiger partial charge is 0.253 e. The quantitative estimate of drug-likeness (QED) is 0.893. The first-order valence-corrected chi connectivity index (χ1v) is 7.37. The van der Waals surface area contributed by atoms with Crippen LogP contribution < -0.4 is 5.32 Å². The van der Waals surface area contributed by atoms with Crippen molar-refractivity contribution in [1.29, 1.82) is 5.26 Å². The number of carbonyl (C=O) groups is 2. The standard InChI is InChI=1S/C16H14F2N4O2/c17-9-1-2-12-13(6-20-14(12)4-9)16(24)21-7-15(23)22-8-10(18)3-11(22)5-19/h1-2,4,6,10-11,20H,3,7-8H2,(H,21,24)/t10?,11-/m0/s1. The van der Waals surface area contributed by atoms with Crippen molar-refractivity contribution in [2.24, 2.45) is 0 Å². The van der Waals surface area contributed by atoms with Gasteiger partial charge in [-0.3, -0.25) is 9.59 Å². The molecule has 2 aromatic rings. The van der Waals surface area contributed by atoms with E-state index in [0.717, 1.165) is 4.90 Å². The molecule has 0 saturated carbocycles. The second kappa shape index (κ2) is 6.28. The lowest BCUT2D eigenvalue weighted by molar-refractivity contribution is -0.130. The number of nitrogens with zero attached hydrogens (tertiary/aromatic N) is 2. The van der Waals surface area contributed by atoms with Crippen molar-refractivity contribution in [3.05, 3.63) is 35.8 Å². The molecule has 3 rings (SSSR count). The molecule has 1 aliphatic rings. The summed E-state index contributed by atoms with van der Waals surface area (Å²) in [6.45, 7) is -0.475. The number of likely N-dealkylation sites (tertiary alicyclic amines) is 1. The van der Waals surface area contributed by atoms with Crippen molar-refractivity contribution in [2.45, 2.75) is 18.6 Å². The number of hydrogen-bond donors (Lipinski definition) is 2. The van der Waals surface area contributed by atoms with Gasteiger partial charge in [0, 0.05) is 23.5 Å². The van der Waals surface area contributed by atoms with Gasteiger partial charge in [0.1, 0.15) is 18.0 Å². The van der Waals surface area contributed by atoms with Crippen molar-refractivity contribution in [3.63, 3.8) is 0 Å². The van der Waals surface area contributed by atoms with Crippen molar-refractivity contribution in [3.8, 4) is 6.07 Å². The molecule has 2 amide bonds. The molecule has 1 fully saturated rings. The zero-order valence-corrected chi connectivity index (χ0v) is 12.6. The Kier molecular flexibility index (Phi) is 4.16. The summed E-state index contributed by atoms with van der Waals surface area (Å²) in [5.41, 5.74) is 0.746. The molecule has 124 valence electrons. The lowest BCUT2D eigenvalue weighted by atomic mass is 10.1. The number of H-pyrrole nitrogens is 1. The van der Waals surface area contributed by atoms with Crippen molar-refractivity contribution < 1.29 is 18.4 Å². The van der Waals surface area contributed by atoms with Gasteiger partial charge in [0.15, 0.2) is 0 Å². The Morgan fingerprint density at radius 3 is 3.00 bits per heavy atom. The Balaban J connectivity index is 1.67. The Morgan fingerprint density at radius 2 is 2.25 bits per heavy atom. The van der Waals surface area contributed by atoms with Crippen LogP contribution in [0.4, 0.5) is 8.78 Å². The third-order valence-electron chi connectivity index (χ3n) is 4.01. The van der Waals surface area contributed by atoms with Gasteiger partial charge in [0.2, 0.25) is 5.91 Å². The van der Waals surface area contributed by atoms with Crippen LogP contribution in [0.15, 0.2) is 24.4 Å². The molecule has 1 aromatic heterocycles. The molecule has 0 radical (unpaired) electrons. The van der Waals surface area contributed by atoms with E-state index in [2.05, 4.69) is 10.3 Å². The molecule has 2 atom stereocenters. The molecular formula is C16H14F2N4O2. The minimum atomic E-state index is -1.22. The molecule has 1 unspecified atom stereocenters. The molecule has 24 heavy (non-hydrogen) atoms. The maximum absolute atomic E-state index is 13.3. The van der Waals surface area contributed by atoms with Gasteiger partial charge in [0.25, 0.3) is 5.91 Å². The number of nitrogens with one attached hydrogen (secondary N) is 2. The van der Waals surface area contributed by atoms with E-state index in [-0.39, 0.29) is 25.1 Å². The van der Waals surface area contributed by atoms with Crippen LogP contribution >= 0.6 is 0 Å². The Morgan fingerprint density at radius 1 is 1.46 bits per heavy atom. The summed E-state index contributed by atoms with van der Waals surface area (Å²) >= 11 is 0. The number of nitriles is 1. The van der Waals surface area contributed by atoms with Gasteiger partial charge in [-0.05, 0) is 18.2 Å². The van der Waals surface area contributed by atoms with Crippen LogP contribution in [0.3, 0.4) is 0 Å². The van der Waals surface area contributed by atoms with Crippen LogP contribution in [0, 0.1) is 17.1 Å². The largest absolute Gasteiger partial charge is 0.360 e. The predicted molar refractivity (Wildman–Crippen MR) is 81.2 cm³/mol. The van der Waals surface area contributed by atoms with E-state index in [1.165, 1.54) is 24.4 Å². The molecule has 1 saturated heterocycles. The highest BCUT2D eigenvalue weighted by atomic mass is 19.1. The summed E-state index contributed by atoms with van der Waals surface area (Å²) < 4.78 is 26.5. The Hall–Kier alpha value is -2.95. The highest BCUT2D eigenvalue weighted by Crippen LogP contribution is 2.20. The Bertz CT molecular complexity index is 842. The van der Waals surface area contributed by atoms with Gasteiger partial charge in [-0.25, -0.2) is 8.78 Å². The maximum Gasteiger partial charge on any atom is 0.253 e. The van der Waals surface area contributed by atoms with Crippen LogP contribution in [0.1, 0.15) is 16.8 Å². The van der Waals surface area contributed by atoms with Crippen molar-refractivity contribution >= 4 is 22.7 Å². The minimum Gasteiger partial charge on any atom is -0.360 e. The highest BCUT2D eigenvalue weighted by molar-refractivity contribution is 6.07. The molecule has 0 spiro atoms. The first kappa shape index (κ1) is 15.9. The summed E-state index contributed by atoms with van der Waals surface area (Å²) in [5, 5.41) is 11.9. The van der Waals surface area contributed by atoms with Crippen LogP contribution in [0.2, 0.25) is 0 Å². The number of carbonyl (C=O) groups excluding carboxylic acids is 2. The number of aromatic amines is 1. The topological polar surface area (TPSA) is 89.0 Å². The monoisotopic (exact) mass is 332 g/mol. The van der Waals surface area contributed by atoms with Gasteiger partial charge in [0.05, 0.1) is 24.7 Å². The number of rotatable bonds is 3. The van der Waals surface area contributed by atoms with Gasteiger partial charge < -0.3 is 15.2 Å². The molecule has 0 aliphatic carbocycles. The second-order valence-corrected chi connectivity index (χ2v) is 5.60. The summed E-state index contributed by atoms with van der Waals surface area (Å²) in [6, 6.07) is 5.05. The minimum absolute atomic E-state index is 0.00972. The zero-order chi connectivity index (χ0) is 17.3. The van der Waals surface area contributed by atoms with Gasteiger partial charge in [-0.15, -0.1) is 0 Å². The Labute approximate surface area is 136 Å². The first-order chi connectivity index (χ1) is 11.5. The van der Waals surface area contributed by atoms with E-state index < -0.39 is 29.8 Å². The van der Waals surface area contributed by atoms with E-state index >= 15 is 0 Å². The molecule has 8 heteroatoms. The van der Waals surface area contributed by atoms with Crippen LogP contribution in [0.5, 0.6) is 0 Å². The third-order valence-corrected chi connectivity index (χ3v) is 4.01.